The first-order valence-electron chi connectivity index (χ1n) is 6.61. The van der Waals surface area contributed by atoms with Crippen molar-refractivity contribution in [3.63, 3.8) is 0 Å². The van der Waals surface area contributed by atoms with Crippen LogP contribution in [0.2, 0.25) is 0 Å². The third-order valence-corrected chi connectivity index (χ3v) is 4.34. The smallest absolute Gasteiger partial charge is 0.254 e. The molecule has 1 N–H and O–H groups in total. The van der Waals surface area contributed by atoms with Gasteiger partial charge in [0.15, 0.2) is 5.16 Å². The predicted molar refractivity (Wildman–Crippen MR) is 79.0 cm³/mol. The maximum Gasteiger partial charge on any atom is 0.254 e. The summed E-state index contributed by atoms with van der Waals surface area (Å²) >= 11 is 1.51. The second-order valence-corrected chi connectivity index (χ2v) is 5.69. The average molecular weight is 302 g/mol. The molecule has 1 aliphatic rings. The summed E-state index contributed by atoms with van der Waals surface area (Å²) in [6.45, 7) is 0.397. The maximum atomic E-state index is 12.0. The fourth-order valence-electron chi connectivity index (χ4n) is 2.22. The van der Waals surface area contributed by atoms with Crippen LogP contribution >= 0.6 is 11.8 Å². The molecule has 0 saturated heterocycles. The fraction of sp³-hybridized carbons (Fsp3) is 0.286. The Morgan fingerprint density at radius 2 is 2.24 bits per heavy atom. The normalized spacial score (nSPS) is 16.5. The standard InChI is InChI=1S/C14H14N4O2S/c19-12(17-8-10-3-1-2-5-15-10)7-11-9-21-14-16-6-4-13(20)18(11)14/h1-6,11H,7-9H2,(H,17,19)/t11-/m1/s1. The number of hydrogen-bond donors (Lipinski definition) is 1. The van der Waals surface area contributed by atoms with Crippen molar-refractivity contribution in [2.75, 3.05) is 5.75 Å². The van der Waals surface area contributed by atoms with Crippen molar-refractivity contribution in [1.29, 1.82) is 0 Å². The summed E-state index contributed by atoms with van der Waals surface area (Å²) in [7, 11) is 0. The molecule has 1 aliphatic heterocycles. The van der Waals surface area contributed by atoms with Crippen LogP contribution in [0, 0.1) is 0 Å². The van der Waals surface area contributed by atoms with Gasteiger partial charge in [-0.25, -0.2) is 4.98 Å². The number of rotatable bonds is 4. The van der Waals surface area contributed by atoms with E-state index in [0.717, 1.165) is 5.69 Å². The Morgan fingerprint density at radius 3 is 3.05 bits per heavy atom. The van der Waals surface area contributed by atoms with E-state index >= 15 is 0 Å². The molecule has 1 atom stereocenters. The highest BCUT2D eigenvalue weighted by Crippen LogP contribution is 2.31. The molecular formula is C14H14N4O2S. The van der Waals surface area contributed by atoms with Gasteiger partial charge in [0, 0.05) is 30.6 Å². The van der Waals surface area contributed by atoms with Crippen LogP contribution in [0.4, 0.5) is 0 Å². The van der Waals surface area contributed by atoms with Gasteiger partial charge in [-0.3, -0.25) is 19.1 Å². The van der Waals surface area contributed by atoms with Crippen molar-refractivity contribution in [2.45, 2.75) is 24.2 Å². The monoisotopic (exact) mass is 302 g/mol. The van der Waals surface area contributed by atoms with Crippen LogP contribution in [0.5, 0.6) is 0 Å². The van der Waals surface area contributed by atoms with E-state index in [9.17, 15) is 9.59 Å². The summed E-state index contributed by atoms with van der Waals surface area (Å²) < 4.78 is 1.60. The van der Waals surface area contributed by atoms with Crippen molar-refractivity contribution in [3.05, 3.63) is 52.7 Å². The van der Waals surface area contributed by atoms with Crippen molar-refractivity contribution in [1.82, 2.24) is 19.9 Å². The van der Waals surface area contributed by atoms with E-state index in [1.165, 1.54) is 24.0 Å². The number of hydrogen-bond acceptors (Lipinski definition) is 5. The number of pyridine rings is 1. The topological polar surface area (TPSA) is 76.9 Å². The summed E-state index contributed by atoms with van der Waals surface area (Å²) in [6.07, 6.45) is 3.47. The first-order valence-corrected chi connectivity index (χ1v) is 7.59. The molecule has 0 spiro atoms. The molecular weight excluding hydrogens is 288 g/mol. The fourth-order valence-corrected chi connectivity index (χ4v) is 3.34. The molecule has 21 heavy (non-hydrogen) atoms. The molecule has 1 amide bonds. The lowest BCUT2D eigenvalue weighted by atomic mass is 10.2. The highest BCUT2D eigenvalue weighted by Gasteiger charge is 2.26. The lowest BCUT2D eigenvalue weighted by molar-refractivity contribution is -0.121. The number of amides is 1. The number of nitrogens with one attached hydrogen (secondary N) is 1. The van der Waals surface area contributed by atoms with Crippen molar-refractivity contribution in [2.24, 2.45) is 0 Å². The summed E-state index contributed by atoms with van der Waals surface area (Å²) in [5.74, 6) is 0.610. The van der Waals surface area contributed by atoms with Crippen LogP contribution in [-0.4, -0.2) is 26.2 Å². The molecule has 0 aliphatic carbocycles. The number of aromatic nitrogens is 3. The second-order valence-electron chi connectivity index (χ2n) is 4.70. The zero-order chi connectivity index (χ0) is 14.7. The lowest BCUT2D eigenvalue weighted by Crippen LogP contribution is -2.30. The number of fused-ring (bicyclic) bond motifs is 1. The molecule has 108 valence electrons. The summed E-state index contributed by atoms with van der Waals surface area (Å²) in [5.41, 5.74) is 0.707. The van der Waals surface area contributed by atoms with E-state index in [1.54, 1.807) is 10.8 Å². The maximum absolute atomic E-state index is 12.0. The Kier molecular flexibility index (Phi) is 4.01. The van der Waals surface area contributed by atoms with E-state index in [0.29, 0.717) is 17.5 Å². The van der Waals surface area contributed by atoms with Gasteiger partial charge in [0.1, 0.15) is 0 Å². The quantitative estimate of drug-likeness (QED) is 0.852. The van der Waals surface area contributed by atoms with Crippen molar-refractivity contribution >= 4 is 17.7 Å². The van der Waals surface area contributed by atoms with E-state index in [2.05, 4.69) is 15.3 Å². The van der Waals surface area contributed by atoms with Crippen LogP contribution < -0.4 is 10.9 Å². The number of thioether (sulfide) groups is 1. The summed E-state index contributed by atoms with van der Waals surface area (Å²) in [5, 5.41) is 3.51. The van der Waals surface area contributed by atoms with E-state index in [1.807, 2.05) is 18.2 Å². The largest absolute Gasteiger partial charge is 0.350 e. The molecule has 7 heteroatoms. The molecule has 0 saturated carbocycles. The molecule has 2 aromatic heterocycles. The molecule has 3 rings (SSSR count). The van der Waals surface area contributed by atoms with E-state index in [-0.39, 0.29) is 23.9 Å². The third kappa shape index (κ3) is 3.13. The first kappa shape index (κ1) is 13.8. The highest BCUT2D eigenvalue weighted by molar-refractivity contribution is 7.99. The Bertz CT molecular complexity index is 702. The Labute approximate surface area is 125 Å². The summed E-state index contributed by atoms with van der Waals surface area (Å²) in [6, 6.07) is 6.86. The van der Waals surface area contributed by atoms with E-state index in [4.69, 9.17) is 0 Å². The highest BCUT2D eigenvalue weighted by atomic mass is 32.2. The molecule has 2 aromatic rings. The first-order chi connectivity index (χ1) is 10.2. The Hall–Kier alpha value is -2.15. The van der Waals surface area contributed by atoms with Gasteiger partial charge < -0.3 is 5.32 Å². The van der Waals surface area contributed by atoms with Crippen LogP contribution in [-0.2, 0) is 11.3 Å². The van der Waals surface area contributed by atoms with Gasteiger partial charge in [-0.15, -0.1) is 0 Å². The predicted octanol–water partition coefficient (Wildman–Crippen LogP) is 0.992. The van der Waals surface area contributed by atoms with Crippen molar-refractivity contribution in [3.8, 4) is 0 Å². The zero-order valence-electron chi connectivity index (χ0n) is 11.2. The Morgan fingerprint density at radius 1 is 1.33 bits per heavy atom. The molecule has 3 heterocycles. The minimum absolute atomic E-state index is 0.0881. The molecule has 0 bridgehead atoms. The van der Waals surface area contributed by atoms with Crippen LogP contribution in [0.15, 0.2) is 46.6 Å². The number of carbonyl (C=O) groups is 1. The summed E-state index contributed by atoms with van der Waals surface area (Å²) in [4.78, 5) is 32.2. The second kappa shape index (κ2) is 6.09. The van der Waals surface area contributed by atoms with Gasteiger partial charge in [-0.05, 0) is 12.1 Å². The van der Waals surface area contributed by atoms with Crippen LogP contribution in [0.25, 0.3) is 0 Å². The number of nitrogens with zero attached hydrogens (tertiary/aromatic N) is 3. The van der Waals surface area contributed by atoms with Gasteiger partial charge in [0.25, 0.3) is 5.56 Å². The third-order valence-electron chi connectivity index (χ3n) is 3.23. The molecule has 6 nitrogen and oxygen atoms in total. The SMILES string of the molecule is O=C(C[C@@H]1CSc2nccc(=O)n21)NCc1ccccn1. The number of carbonyl (C=O) groups excluding carboxylic acids is 1. The van der Waals surface area contributed by atoms with Crippen LogP contribution in [0.3, 0.4) is 0 Å². The molecule has 0 aromatic carbocycles. The minimum Gasteiger partial charge on any atom is -0.350 e. The molecule has 0 unspecified atom stereocenters. The molecule has 0 fully saturated rings. The minimum atomic E-state index is -0.130. The lowest BCUT2D eigenvalue weighted by Gasteiger charge is -2.12. The van der Waals surface area contributed by atoms with Crippen molar-refractivity contribution < 1.29 is 4.79 Å². The Balaban J connectivity index is 1.61. The van der Waals surface area contributed by atoms with Crippen LogP contribution in [0.1, 0.15) is 18.2 Å². The van der Waals surface area contributed by atoms with Gasteiger partial charge in [0.2, 0.25) is 5.91 Å². The zero-order valence-corrected chi connectivity index (χ0v) is 12.0. The van der Waals surface area contributed by atoms with Gasteiger partial charge >= 0.3 is 0 Å². The molecule has 0 radical (unpaired) electrons. The van der Waals surface area contributed by atoms with Gasteiger partial charge in [-0.1, -0.05) is 17.8 Å². The average Bonchev–Trinajstić information content (AvgIpc) is 2.91. The van der Waals surface area contributed by atoms with E-state index < -0.39 is 0 Å². The van der Waals surface area contributed by atoms with Gasteiger partial charge in [-0.2, -0.15) is 0 Å². The van der Waals surface area contributed by atoms with Gasteiger partial charge in [0.05, 0.1) is 18.3 Å².